The molecule has 3 heterocycles. The molecule has 1 amide bonds. The standard InChI is InChI=1S/C22H24N2O6/c25-16-6-4-15(5-7-16)19-18(20(26)17-3-1-12-30-17)21(27)22(28)24(19)9-2-8-23-10-13-29-14-11-23/h1,3-7,12,19,25,27H,2,8-11,13-14H2/t19-/m1/s1. The van der Waals surface area contributed by atoms with Crippen molar-refractivity contribution in [3.63, 3.8) is 0 Å². The van der Waals surface area contributed by atoms with Gasteiger partial charge in [0.05, 0.1) is 31.1 Å². The summed E-state index contributed by atoms with van der Waals surface area (Å²) >= 11 is 0. The van der Waals surface area contributed by atoms with E-state index in [1.807, 2.05) is 0 Å². The van der Waals surface area contributed by atoms with Crippen LogP contribution in [0.25, 0.3) is 0 Å². The van der Waals surface area contributed by atoms with Crippen LogP contribution in [0.2, 0.25) is 0 Å². The highest BCUT2D eigenvalue weighted by Crippen LogP contribution is 2.39. The lowest BCUT2D eigenvalue weighted by Crippen LogP contribution is -2.39. The SMILES string of the molecule is O=C(C1=C(O)C(=O)N(CCCN2CCOCC2)[C@@H]1c1ccc(O)cc1)c1ccco1. The van der Waals surface area contributed by atoms with Gasteiger partial charge in [0.1, 0.15) is 5.75 Å². The van der Waals surface area contributed by atoms with Gasteiger partial charge in [-0.1, -0.05) is 12.1 Å². The first-order valence-electron chi connectivity index (χ1n) is 9.97. The molecule has 1 saturated heterocycles. The Balaban J connectivity index is 1.59. The average Bonchev–Trinajstić information content (AvgIpc) is 3.38. The van der Waals surface area contributed by atoms with E-state index in [-0.39, 0.29) is 17.1 Å². The van der Waals surface area contributed by atoms with E-state index in [9.17, 15) is 19.8 Å². The van der Waals surface area contributed by atoms with Gasteiger partial charge in [-0.3, -0.25) is 14.5 Å². The molecule has 1 atom stereocenters. The van der Waals surface area contributed by atoms with Crippen LogP contribution < -0.4 is 0 Å². The number of Topliss-reactive ketones (excluding diaryl/α,β-unsaturated/α-hetero) is 1. The zero-order valence-corrected chi connectivity index (χ0v) is 16.5. The number of benzene rings is 1. The van der Waals surface area contributed by atoms with Crippen molar-refractivity contribution in [2.45, 2.75) is 12.5 Å². The second-order valence-electron chi connectivity index (χ2n) is 7.37. The molecule has 0 bridgehead atoms. The summed E-state index contributed by atoms with van der Waals surface area (Å²) in [4.78, 5) is 29.7. The Bertz CT molecular complexity index is 929. The Hall–Kier alpha value is -3.10. The number of hydrogen-bond donors (Lipinski definition) is 2. The van der Waals surface area contributed by atoms with Crippen molar-refractivity contribution in [3.05, 3.63) is 65.3 Å². The van der Waals surface area contributed by atoms with E-state index in [0.717, 1.165) is 19.6 Å². The molecule has 8 heteroatoms. The first kappa shape index (κ1) is 20.2. The molecule has 0 unspecified atom stereocenters. The summed E-state index contributed by atoms with van der Waals surface area (Å²) in [6.07, 6.45) is 2.06. The molecule has 0 radical (unpaired) electrons. The fourth-order valence-corrected chi connectivity index (χ4v) is 3.95. The summed E-state index contributed by atoms with van der Waals surface area (Å²) in [6, 6.07) is 8.62. The van der Waals surface area contributed by atoms with Crippen molar-refractivity contribution in [3.8, 4) is 5.75 Å². The number of morpholine rings is 1. The number of furan rings is 1. The van der Waals surface area contributed by atoms with Crippen molar-refractivity contribution in [2.75, 3.05) is 39.4 Å². The molecule has 1 aromatic heterocycles. The van der Waals surface area contributed by atoms with Crippen LogP contribution in [0.15, 0.2) is 58.4 Å². The first-order valence-corrected chi connectivity index (χ1v) is 9.97. The van der Waals surface area contributed by atoms with Gasteiger partial charge in [0, 0.05) is 26.2 Å². The number of phenols is 1. The quantitative estimate of drug-likeness (QED) is 0.673. The molecule has 0 saturated carbocycles. The van der Waals surface area contributed by atoms with Gasteiger partial charge in [0.2, 0.25) is 5.78 Å². The molecule has 0 aliphatic carbocycles. The minimum Gasteiger partial charge on any atom is -0.508 e. The van der Waals surface area contributed by atoms with Crippen LogP contribution in [0, 0.1) is 0 Å². The third-order valence-electron chi connectivity index (χ3n) is 5.48. The van der Waals surface area contributed by atoms with Gasteiger partial charge in [0.25, 0.3) is 5.91 Å². The Morgan fingerprint density at radius 1 is 1.07 bits per heavy atom. The molecule has 2 aliphatic heterocycles. The van der Waals surface area contributed by atoms with E-state index in [2.05, 4.69) is 4.90 Å². The number of phenolic OH excluding ortho intramolecular Hbond substituents is 1. The lowest BCUT2D eigenvalue weighted by atomic mass is 9.95. The molecular formula is C22H24N2O6. The number of ketones is 1. The number of nitrogens with zero attached hydrogens (tertiary/aromatic N) is 2. The van der Waals surface area contributed by atoms with E-state index in [1.165, 1.54) is 29.4 Å². The maximum atomic E-state index is 13.0. The summed E-state index contributed by atoms with van der Waals surface area (Å²) in [7, 11) is 0. The van der Waals surface area contributed by atoms with Gasteiger partial charge in [-0.05, 0) is 36.2 Å². The number of aliphatic hydroxyl groups is 1. The third kappa shape index (κ3) is 3.96. The number of hydrogen-bond acceptors (Lipinski definition) is 7. The van der Waals surface area contributed by atoms with Crippen LogP contribution in [0.1, 0.15) is 28.6 Å². The molecule has 158 valence electrons. The van der Waals surface area contributed by atoms with Crippen LogP contribution in [0.5, 0.6) is 5.75 Å². The van der Waals surface area contributed by atoms with E-state index in [4.69, 9.17) is 9.15 Å². The molecular weight excluding hydrogens is 388 g/mol. The van der Waals surface area contributed by atoms with Crippen LogP contribution >= 0.6 is 0 Å². The summed E-state index contributed by atoms with van der Waals surface area (Å²) in [5, 5.41) is 20.2. The third-order valence-corrected chi connectivity index (χ3v) is 5.48. The number of ether oxygens (including phenoxy) is 1. The lowest BCUT2D eigenvalue weighted by molar-refractivity contribution is -0.129. The fraction of sp³-hybridized carbons (Fsp3) is 0.364. The fourth-order valence-electron chi connectivity index (χ4n) is 3.95. The number of carbonyl (C=O) groups is 2. The molecule has 4 rings (SSSR count). The first-order chi connectivity index (χ1) is 14.6. The summed E-state index contributed by atoms with van der Waals surface area (Å²) in [5.41, 5.74) is 0.624. The van der Waals surface area contributed by atoms with E-state index < -0.39 is 23.5 Å². The number of aromatic hydroxyl groups is 1. The van der Waals surface area contributed by atoms with Gasteiger partial charge < -0.3 is 24.3 Å². The Morgan fingerprint density at radius 2 is 1.80 bits per heavy atom. The Morgan fingerprint density at radius 3 is 2.47 bits per heavy atom. The van der Waals surface area contributed by atoms with Gasteiger partial charge in [-0.25, -0.2) is 0 Å². The highest BCUT2D eigenvalue weighted by atomic mass is 16.5. The molecule has 30 heavy (non-hydrogen) atoms. The topological polar surface area (TPSA) is 103 Å². The normalized spacial score (nSPS) is 20.2. The number of aliphatic hydroxyl groups excluding tert-OH is 1. The van der Waals surface area contributed by atoms with E-state index >= 15 is 0 Å². The summed E-state index contributed by atoms with van der Waals surface area (Å²) < 4.78 is 10.6. The highest BCUT2D eigenvalue weighted by molar-refractivity contribution is 6.15. The highest BCUT2D eigenvalue weighted by Gasteiger charge is 2.44. The van der Waals surface area contributed by atoms with E-state index in [0.29, 0.717) is 31.7 Å². The minimum atomic E-state index is -0.750. The maximum absolute atomic E-state index is 13.0. The predicted octanol–water partition coefficient (Wildman–Crippen LogP) is 2.29. The van der Waals surface area contributed by atoms with Crippen molar-refractivity contribution >= 4 is 11.7 Å². The summed E-state index contributed by atoms with van der Waals surface area (Å²) in [6.45, 7) is 4.26. The molecule has 2 N–H and O–H groups in total. The zero-order chi connectivity index (χ0) is 21.1. The van der Waals surface area contributed by atoms with Crippen molar-refractivity contribution in [1.29, 1.82) is 0 Å². The monoisotopic (exact) mass is 412 g/mol. The number of rotatable bonds is 7. The predicted molar refractivity (Wildman–Crippen MR) is 107 cm³/mol. The Labute approximate surface area is 174 Å². The van der Waals surface area contributed by atoms with Crippen LogP contribution in [-0.2, 0) is 9.53 Å². The van der Waals surface area contributed by atoms with Crippen LogP contribution in [0.4, 0.5) is 0 Å². The number of amides is 1. The molecule has 2 aliphatic rings. The lowest BCUT2D eigenvalue weighted by Gasteiger charge is -2.30. The molecule has 0 spiro atoms. The molecule has 2 aromatic rings. The van der Waals surface area contributed by atoms with Crippen LogP contribution in [0.3, 0.4) is 0 Å². The van der Waals surface area contributed by atoms with Crippen molar-refractivity contribution in [1.82, 2.24) is 9.80 Å². The largest absolute Gasteiger partial charge is 0.508 e. The summed E-state index contributed by atoms with van der Waals surface area (Å²) in [5.74, 6) is -1.53. The molecule has 1 aromatic carbocycles. The molecule has 8 nitrogen and oxygen atoms in total. The van der Waals surface area contributed by atoms with Gasteiger partial charge in [-0.2, -0.15) is 0 Å². The molecule has 1 fully saturated rings. The van der Waals surface area contributed by atoms with Crippen molar-refractivity contribution in [2.24, 2.45) is 0 Å². The second kappa shape index (κ2) is 8.73. The Kier molecular flexibility index (Phi) is 5.87. The maximum Gasteiger partial charge on any atom is 0.290 e. The zero-order valence-electron chi connectivity index (χ0n) is 16.5. The van der Waals surface area contributed by atoms with Crippen LogP contribution in [-0.4, -0.2) is 71.1 Å². The van der Waals surface area contributed by atoms with Gasteiger partial charge >= 0.3 is 0 Å². The second-order valence-corrected chi connectivity index (χ2v) is 7.37. The number of carbonyl (C=O) groups excluding carboxylic acids is 2. The van der Waals surface area contributed by atoms with E-state index in [1.54, 1.807) is 18.2 Å². The average molecular weight is 412 g/mol. The van der Waals surface area contributed by atoms with Gasteiger partial charge in [-0.15, -0.1) is 0 Å². The van der Waals surface area contributed by atoms with Crippen molar-refractivity contribution < 1.29 is 29.0 Å². The van der Waals surface area contributed by atoms with Gasteiger partial charge in [0.15, 0.2) is 11.5 Å². The minimum absolute atomic E-state index is 0.00740. The smallest absolute Gasteiger partial charge is 0.290 e.